The summed E-state index contributed by atoms with van der Waals surface area (Å²) in [6.45, 7) is 6.94. The smallest absolute Gasteiger partial charge is 0.337 e. The minimum atomic E-state index is -2.78. The Morgan fingerprint density at radius 2 is 1.85 bits per heavy atom. The summed E-state index contributed by atoms with van der Waals surface area (Å²) in [7, 11) is 0. The topological polar surface area (TPSA) is 86.9 Å². The van der Waals surface area contributed by atoms with E-state index in [9.17, 15) is 23.5 Å². The van der Waals surface area contributed by atoms with Gasteiger partial charge in [0.05, 0.1) is 11.6 Å². The molecule has 1 fully saturated rings. The van der Waals surface area contributed by atoms with E-state index in [1.54, 1.807) is 29.3 Å². The second kappa shape index (κ2) is 8.70. The Bertz CT molecular complexity index is 1290. The first-order chi connectivity index (χ1) is 16.0. The molecule has 0 unspecified atom stereocenters. The third kappa shape index (κ3) is 4.22. The van der Waals surface area contributed by atoms with Crippen molar-refractivity contribution in [1.29, 1.82) is 0 Å². The SMILES string of the molecule is Cc1cc([C@H](C)Nc2ccccc2C(=O)O)c2nc(N3C[C@@H](C)C(F)(F)[C@@H](C)C3)cc(=O)n2c1. The van der Waals surface area contributed by atoms with E-state index in [1.807, 2.05) is 19.9 Å². The summed E-state index contributed by atoms with van der Waals surface area (Å²) in [5, 5.41) is 12.7. The van der Waals surface area contributed by atoms with E-state index in [0.29, 0.717) is 22.7 Å². The molecule has 1 aliphatic rings. The number of nitrogens with one attached hydrogen (secondary N) is 1. The number of alkyl halides is 2. The molecule has 1 aliphatic heterocycles. The van der Waals surface area contributed by atoms with Crippen molar-refractivity contribution in [2.45, 2.75) is 39.7 Å². The van der Waals surface area contributed by atoms with Gasteiger partial charge in [-0.3, -0.25) is 9.20 Å². The van der Waals surface area contributed by atoms with Crippen molar-refractivity contribution in [1.82, 2.24) is 9.38 Å². The van der Waals surface area contributed by atoms with Crippen LogP contribution in [0, 0.1) is 18.8 Å². The number of aryl methyl sites for hydroxylation is 1. The number of aromatic carboxylic acids is 1. The minimum absolute atomic E-state index is 0.0982. The molecule has 34 heavy (non-hydrogen) atoms. The van der Waals surface area contributed by atoms with E-state index in [-0.39, 0.29) is 30.3 Å². The number of hydrogen-bond acceptors (Lipinski definition) is 5. The van der Waals surface area contributed by atoms with Gasteiger partial charge in [-0.15, -0.1) is 0 Å². The average Bonchev–Trinajstić information content (AvgIpc) is 2.77. The van der Waals surface area contributed by atoms with Gasteiger partial charge in [0.1, 0.15) is 11.5 Å². The maximum Gasteiger partial charge on any atom is 0.337 e. The third-order valence-corrected chi connectivity index (χ3v) is 6.54. The zero-order valence-electron chi connectivity index (χ0n) is 19.5. The summed E-state index contributed by atoms with van der Waals surface area (Å²) >= 11 is 0. The molecule has 180 valence electrons. The molecular weight excluding hydrogens is 442 g/mol. The number of rotatable bonds is 5. The van der Waals surface area contributed by atoms with Crippen LogP contribution in [0.15, 0.2) is 47.4 Å². The number of carboxylic acid groups (broad SMARTS) is 1. The zero-order valence-corrected chi connectivity index (χ0v) is 19.5. The number of hydrogen-bond donors (Lipinski definition) is 2. The van der Waals surface area contributed by atoms with E-state index < -0.39 is 23.7 Å². The van der Waals surface area contributed by atoms with Crippen LogP contribution in [0.5, 0.6) is 0 Å². The summed E-state index contributed by atoms with van der Waals surface area (Å²) in [5.74, 6) is -5.21. The Kier molecular flexibility index (Phi) is 6.05. The van der Waals surface area contributed by atoms with E-state index in [1.165, 1.54) is 30.4 Å². The Labute approximate surface area is 196 Å². The van der Waals surface area contributed by atoms with Gasteiger partial charge in [-0.2, -0.15) is 0 Å². The van der Waals surface area contributed by atoms with Gasteiger partial charge in [0.25, 0.3) is 11.5 Å². The number of para-hydroxylation sites is 1. The van der Waals surface area contributed by atoms with Crippen molar-refractivity contribution in [3.63, 3.8) is 0 Å². The molecule has 0 aliphatic carbocycles. The van der Waals surface area contributed by atoms with Crippen LogP contribution >= 0.6 is 0 Å². The van der Waals surface area contributed by atoms with Crippen LogP contribution in [0.25, 0.3) is 5.65 Å². The van der Waals surface area contributed by atoms with Crippen molar-refractivity contribution >= 4 is 23.1 Å². The fourth-order valence-electron chi connectivity index (χ4n) is 4.60. The lowest BCUT2D eigenvalue weighted by molar-refractivity contribution is -0.105. The fourth-order valence-corrected chi connectivity index (χ4v) is 4.60. The monoisotopic (exact) mass is 470 g/mol. The Hall–Kier alpha value is -3.49. The molecule has 2 N–H and O–H groups in total. The lowest BCUT2D eigenvalue weighted by Gasteiger charge is -2.41. The van der Waals surface area contributed by atoms with Crippen molar-refractivity contribution in [2.24, 2.45) is 11.8 Å². The molecule has 0 bridgehead atoms. The fraction of sp³-hybridized carbons (Fsp3) is 0.400. The standard InChI is InChI=1S/C25H28F2N4O3/c1-14-9-19(17(4)28-20-8-6-5-7-18(20)24(33)34)23-29-21(10-22(32)31(23)11-14)30-12-15(2)25(26,27)16(3)13-30/h5-11,15-17,28H,12-13H2,1-4H3,(H,33,34)/t15-,16+,17-/m0/s1. The van der Waals surface area contributed by atoms with Gasteiger partial charge < -0.3 is 15.3 Å². The number of nitrogens with zero attached hydrogens (tertiary/aromatic N) is 3. The molecule has 3 aromatic rings. The maximum absolute atomic E-state index is 14.4. The van der Waals surface area contributed by atoms with Crippen molar-refractivity contribution in [2.75, 3.05) is 23.3 Å². The van der Waals surface area contributed by atoms with Gasteiger partial charge >= 0.3 is 5.97 Å². The lowest BCUT2D eigenvalue weighted by atomic mass is 9.87. The molecule has 2 aromatic heterocycles. The third-order valence-electron chi connectivity index (χ3n) is 6.54. The molecule has 0 radical (unpaired) electrons. The summed E-state index contributed by atoms with van der Waals surface area (Å²) in [4.78, 5) is 31.1. The van der Waals surface area contributed by atoms with Gasteiger partial charge in [0, 0.05) is 48.4 Å². The highest BCUT2D eigenvalue weighted by atomic mass is 19.3. The summed E-state index contributed by atoms with van der Waals surface area (Å²) < 4.78 is 30.2. The second-order valence-corrected chi connectivity index (χ2v) is 9.22. The van der Waals surface area contributed by atoms with Gasteiger partial charge in [0.2, 0.25) is 0 Å². The van der Waals surface area contributed by atoms with E-state index >= 15 is 0 Å². The van der Waals surface area contributed by atoms with Crippen LogP contribution in [-0.4, -0.2) is 39.5 Å². The number of aromatic nitrogens is 2. The second-order valence-electron chi connectivity index (χ2n) is 9.22. The molecule has 1 saturated heterocycles. The predicted octanol–water partition coefficient (Wildman–Crippen LogP) is 4.60. The van der Waals surface area contributed by atoms with E-state index in [4.69, 9.17) is 4.98 Å². The molecule has 9 heteroatoms. The summed E-state index contributed by atoms with van der Waals surface area (Å²) in [6, 6.07) is 9.48. The molecule has 3 atom stereocenters. The first kappa shape index (κ1) is 23.7. The minimum Gasteiger partial charge on any atom is -0.478 e. The van der Waals surface area contributed by atoms with Gasteiger partial charge in [0.15, 0.2) is 0 Å². The molecule has 7 nitrogen and oxygen atoms in total. The number of anilines is 2. The highest BCUT2D eigenvalue weighted by Crippen LogP contribution is 2.38. The molecule has 0 saturated carbocycles. The molecule has 4 rings (SSSR count). The largest absolute Gasteiger partial charge is 0.478 e. The van der Waals surface area contributed by atoms with E-state index in [0.717, 1.165) is 5.56 Å². The predicted molar refractivity (Wildman–Crippen MR) is 127 cm³/mol. The number of halogens is 2. The molecule has 1 aromatic carbocycles. The Morgan fingerprint density at radius 1 is 1.21 bits per heavy atom. The number of benzene rings is 1. The molecule has 0 amide bonds. The molecule has 0 spiro atoms. The van der Waals surface area contributed by atoms with Crippen LogP contribution in [-0.2, 0) is 0 Å². The average molecular weight is 471 g/mol. The number of pyridine rings is 1. The highest BCUT2D eigenvalue weighted by molar-refractivity contribution is 5.94. The molecular formula is C25H28F2N4O3. The number of carboxylic acids is 1. The number of fused-ring (bicyclic) bond motifs is 1. The summed E-state index contributed by atoms with van der Waals surface area (Å²) in [5.41, 5.74) is 2.21. The zero-order chi connectivity index (χ0) is 24.8. The van der Waals surface area contributed by atoms with Crippen LogP contribution < -0.4 is 15.8 Å². The summed E-state index contributed by atoms with van der Waals surface area (Å²) in [6.07, 6.45) is 1.69. The lowest BCUT2D eigenvalue weighted by Crippen LogP contribution is -2.52. The van der Waals surface area contributed by atoms with Crippen molar-refractivity contribution in [3.05, 3.63) is 69.6 Å². The van der Waals surface area contributed by atoms with E-state index in [2.05, 4.69) is 5.32 Å². The maximum atomic E-state index is 14.4. The highest BCUT2D eigenvalue weighted by Gasteiger charge is 2.47. The van der Waals surface area contributed by atoms with Crippen LogP contribution in [0.4, 0.5) is 20.3 Å². The van der Waals surface area contributed by atoms with Crippen LogP contribution in [0.1, 0.15) is 48.3 Å². The Balaban J connectivity index is 1.77. The quantitative estimate of drug-likeness (QED) is 0.567. The van der Waals surface area contributed by atoms with Crippen LogP contribution in [0.3, 0.4) is 0 Å². The Morgan fingerprint density at radius 3 is 2.50 bits per heavy atom. The normalized spacial score (nSPS) is 20.8. The van der Waals surface area contributed by atoms with Crippen molar-refractivity contribution < 1.29 is 18.7 Å². The first-order valence-electron chi connectivity index (χ1n) is 11.2. The number of piperidine rings is 1. The molecule has 3 heterocycles. The van der Waals surface area contributed by atoms with Gasteiger partial charge in [-0.1, -0.05) is 26.0 Å². The first-order valence-corrected chi connectivity index (χ1v) is 11.2. The number of carbonyl (C=O) groups is 1. The van der Waals surface area contributed by atoms with Crippen molar-refractivity contribution in [3.8, 4) is 0 Å². The van der Waals surface area contributed by atoms with Gasteiger partial charge in [-0.25, -0.2) is 18.6 Å². The van der Waals surface area contributed by atoms with Crippen LogP contribution in [0.2, 0.25) is 0 Å². The van der Waals surface area contributed by atoms with Gasteiger partial charge in [-0.05, 0) is 37.6 Å².